The number of Topliss-reactive ketones (excluding diaryl/α,β-unsaturated/α-hetero) is 1. The number of thiophene rings is 1. The third-order valence-electron chi connectivity index (χ3n) is 4.73. The lowest BCUT2D eigenvalue weighted by atomic mass is 10.2. The molecule has 4 rings (SSSR count). The highest BCUT2D eigenvalue weighted by Crippen LogP contribution is 2.29. The zero-order valence-electron chi connectivity index (χ0n) is 17.8. The standard InChI is InChI=1S/C22H21N5O3S2/c1-13-25-17-6-4-14(30-3)8-16(17)22(26-13)31-11-19(28)20-7-5-15(32-20)9-24-21(29)18-10-23-12-27(18)2/h4-8,10,12H,9,11H2,1-3H3,(H,24,29). The van der Waals surface area contributed by atoms with Crippen molar-refractivity contribution in [3.05, 3.63) is 64.1 Å². The van der Waals surface area contributed by atoms with Gasteiger partial charge in [0.2, 0.25) is 0 Å². The molecule has 32 heavy (non-hydrogen) atoms. The van der Waals surface area contributed by atoms with E-state index in [4.69, 9.17) is 4.74 Å². The van der Waals surface area contributed by atoms with Crippen molar-refractivity contribution in [3.63, 3.8) is 0 Å². The minimum absolute atomic E-state index is 0.0107. The first-order valence-corrected chi connectivity index (χ1v) is 11.6. The largest absolute Gasteiger partial charge is 0.497 e. The third kappa shape index (κ3) is 4.81. The number of carbonyl (C=O) groups excluding carboxylic acids is 2. The van der Waals surface area contributed by atoms with E-state index < -0.39 is 0 Å². The average molecular weight is 468 g/mol. The number of benzene rings is 1. The number of thioether (sulfide) groups is 1. The average Bonchev–Trinajstić information content (AvgIpc) is 3.44. The van der Waals surface area contributed by atoms with Crippen LogP contribution in [0.25, 0.3) is 10.9 Å². The lowest BCUT2D eigenvalue weighted by Crippen LogP contribution is -2.24. The lowest BCUT2D eigenvalue weighted by Gasteiger charge is -2.08. The van der Waals surface area contributed by atoms with Crippen molar-refractivity contribution in [1.29, 1.82) is 0 Å². The number of nitrogens with one attached hydrogen (secondary N) is 1. The molecule has 0 aliphatic heterocycles. The van der Waals surface area contributed by atoms with Crippen LogP contribution in [0.1, 0.15) is 30.9 Å². The van der Waals surface area contributed by atoms with Gasteiger partial charge in [-0.3, -0.25) is 9.59 Å². The quantitative estimate of drug-likeness (QED) is 0.240. The van der Waals surface area contributed by atoms with Crippen LogP contribution in [-0.2, 0) is 13.6 Å². The van der Waals surface area contributed by atoms with Gasteiger partial charge in [-0.25, -0.2) is 15.0 Å². The maximum absolute atomic E-state index is 12.8. The highest BCUT2D eigenvalue weighted by atomic mass is 32.2. The van der Waals surface area contributed by atoms with Crippen LogP contribution >= 0.6 is 23.1 Å². The van der Waals surface area contributed by atoms with Crippen molar-refractivity contribution >= 4 is 45.7 Å². The summed E-state index contributed by atoms with van der Waals surface area (Å²) in [5, 5.41) is 4.46. The van der Waals surface area contributed by atoms with Gasteiger partial charge in [0.15, 0.2) is 5.78 Å². The minimum Gasteiger partial charge on any atom is -0.497 e. The van der Waals surface area contributed by atoms with Crippen LogP contribution in [0.15, 0.2) is 47.9 Å². The Morgan fingerprint density at radius 1 is 1.22 bits per heavy atom. The molecule has 0 atom stereocenters. The van der Waals surface area contributed by atoms with E-state index in [1.165, 1.54) is 29.3 Å². The molecule has 0 bridgehead atoms. The van der Waals surface area contributed by atoms with Gasteiger partial charge in [-0.2, -0.15) is 0 Å². The molecule has 0 saturated heterocycles. The van der Waals surface area contributed by atoms with Crippen LogP contribution in [0.5, 0.6) is 5.75 Å². The van der Waals surface area contributed by atoms with Gasteiger partial charge in [-0.15, -0.1) is 11.3 Å². The van der Waals surface area contributed by atoms with Crippen LogP contribution in [0.3, 0.4) is 0 Å². The number of ketones is 1. The number of imidazole rings is 1. The predicted octanol–water partition coefficient (Wildman–Crippen LogP) is 3.65. The lowest BCUT2D eigenvalue weighted by molar-refractivity contribution is 0.0942. The first kappa shape index (κ1) is 22.0. The summed E-state index contributed by atoms with van der Waals surface area (Å²) in [5.41, 5.74) is 1.30. The molecule has 1 amide bonds. The number of aryl methyl sites for hydroxylation is 2. The highest BCUT2D eigenvalue weighted by molar-refractivity contribution is 8.00. The fourth-order valence-corrected chi connectivity index (χ4v) is 5.00. The fourth-order valence-electron chi connectivity index (χ4n) is 3.09. The van der Waals surface area contributed by atoms with Gasteiger partial charge in [0, 0.05) is 17.3 Å². The number of carbonyl (C=O) groups is 2. The molecular weight excluding hydrogens is 446 g/mol. The Labute approximate surface area is 193 Å². The molecule has 0 radical (unpaired) electrons. The van der Waals surface area contributed by atoms with Crippen molar-refractivity contribution in [2.75, 3.05) is 12.9 Å². The fraction of sp³-hybridized carbons (Fsp3) is 0.227. The van der Waals surface area contributed by atoms with Gasteiger partial charge in [0.05, 0.1) is 42.3 Å². The zero-order chi connectivity index (χ0) is 22.7. The number of amides is 1. The summed E-state index contributed by atoms with van der Waals surface area (Å²) in [5.74, 6) is 1.43. The maximum atomic E-state index is 12.8. The Morgan fingerprint density at radius 3 is 2.81 bits per heavy atom. The first-order chi connectivity index (χ1) is 15.4. The second kappa shape index (κ2) is 9.49. The number of ether oxygens (including phenoxy) is 1. The molecule has 0 saturated carbocycles. The van der Waals surface area contributed by atoms with Crippen LogP contribution in [0.2, 0.25) is 0 Å². The van der Waals surface area contributed by atoms with Crippen molar-refractivity contribution < 1.29 is 14.3 Å². The summed E-state index contributed by atoms with van der Waals surface area (Å²) >= 11 is 2.76. The molecule has 164 valence electrons. The van der Waals surface area contributed by atoms with Gasteiger partial charge in [-0.1, -0.05) is 11.8 Å². The smallest absolute Gasteiger partial charge is 0.269 e. The van der Waals surface area contributed by atoms with E-state index in [9.17, 15) is 9.59 Å². The topological polar surface area (TPSA) is 99.0 Å². The Kier molecular flexibility index (Phi) is 6.52. The molecule has 1 N–H and O–H groups in total. The summed E-state index contributed by atoms with van der Waals surface area (Å²) in [7, 11) is 3.38. The van der Waals surface area contributed by atoms with Crippen LogP contribution < -0.4 is 10.1 Å². The Morgan fingerprint density at radius 2 is 2.06 bits per heavy atom. The van der Waals surface area contributed by atoms with E-state index in [1.54, 1.807) is 31.1 Å². The highest BCUT2D eigenvalue weighted by Gasteiger charge is 2.15. The van der Waals surface area contributed by atoms with Crippen molar-refractivity contribution in [2.24, 2.45) is 7.05 Å². The third-order valence-corrected chi connectivity index (χ3v) is 6.85. The number of fused-ring (bicyclic) bond motifs is 1. The van der Waals surface area contributed by atoms with Gasteiger partial charge in [0.25, 0.3) is 5.91 Å². The van der Waals surface area contributed by atoms with Crippen LogP contribution in [0, 0.1) is 6.92 Å². The van der Waals surface area contributed by atoms with E-state index in [0.29, 0.717) is 28.7 Å². The monoisotopic (exact) mass is 467 g/mol. The summed E-state index contributed by atoms with van der Waals surface area (Å²) in [6.07, 6.45) is 3.09. The first-order valence-electron chi connectivity index (χ1n) is 9.76. The summed E-state index contributed by atoms with van der Waals surface area (Å²) in [6.45, 7) is 2.19. The molecule has 0 aliphatic carbocycles. The molecule has 10 heteroatoms. The molecule has 0 fully saturated rings. The molecule has 1 aromatic carbocycles. The van der Waals surface area contributed by atoms with Crippen molar-refractivity contribution in [1.82, 2.24) is 24.8 Å². The van der Waals surface area contributed by atoms with Gasteiger partial charge >= 0.3 is 0 Å². The number of nitrogens with zero attached hydrogens (tertiary/aromatic N) is 4. The van der Waals surface area contributed by atoms with Crippen molar-refractivity contribution in [2.45, 2.75) is 18.5 Å². The molecule has 0 unspecified atom stereocenters. The number of hydrogen-bond donors (Lipinski definition) is 1. The molecule has 0 spiro atoms. The number of hydrogen-bond acceptors (Lipinski definition) is 8. The molecular formula is C22H21N5O3S2. The summed E-state index contributed by atoms with van der Waals surface area (Å²) in [6, 6.07) is 9.29. The van der Waals surface area contributed by atoms with E-state index in [-0.39, 0.29) is 17.4 Å². The molecule has 8 nitrogen and oxygen atoms in total. The van der Waals surface area contributed by atoms with E-state index in [0.717, 1.165) is 20.8 Å². The molecule has 3 heterocycles. The van der Waals surface area contributed by atoms with Gasteiger partial charge in [0.1, 0.15) is 22.3 Å². The Hall–Kier alpha value is -3.24. The number of rotatable bonds is 8. The number of aromatic nitrogens is 4. The normalized spacial score (nSPS) is 11.0. The zero-order valence-corrected chi connectivity index (χ0v) is 19.4. The predicted molar refractivity (Wildman–Crippen MR) is 125 cm³/mol. The molecule has 0 aliphatic rings. The number of methoxy groups -OCH3 is 1. The van der Waals surface area contributed by atoms with E-state index >= 15 is 0 Å². The second-order valence-corrected chi connectivity index (χ2v) is 9.14. The minimum atomic E-state index is -0.205. The summed E-state index contributed by atoms with van der Waals surface area (Å²) < 4.78 is 6.97. The van der Waals surface area contributed by atoms with E-state index in [1.807, 2.05) is 31.2 Å². The van der Waals surface area contributed by atoms with Crippen LogP contribution in [-0.4, -0.2) is 44.1 Å². The van der Waals surface area contributed by atoms with Gasteiger partial charge < -0.3 is 14.6 Å². The summed E-state index contributed by atoms with van der Waals surface area (Å²) in [4.78, 5) is 39.5. The Balaban J connectivity index is 1.40. The Bertz CT molecular complexity index is 1300. The van der Waals surface area contributed by atoms with E-state index in [2.05, 4.69) is 20.3 Å². The molecule has 3 aromatic heterocycles. The SMILES string of the molecule is COc1ccc2nc(C)nc(SCC(=O)c3ccc(CNC(=O)c4cncn4C)s3)c2c1. The maximum Gasteiger partial charge on any atom is 0.269 e. The molecule has 4 aromatic rings. The van der Waals surface area contributed by atoms with Crippen molar-refractivity contribution in [3.8, 4) is 5.75 Å². The second-order valence-electron chi connectivity index (χ2n) is 7.01. The van der Waals surface area contributed by atoms with Crippen LogP contribution in [0.4, 0.5) is 0 Å². The van der Waals surface area contributed by atoms with Gasteiger partial charge in [-0.05, 0) is 37.3 Å².